The van der Waals surface area contributed by atoms with Crippen LogP contribution in [0.3, 0.4) is 0 Å². The summed E-state index contributed by atoms with van der Waals surface area (Å²) in [5.41, 5.74) is 6.46. The normalized spacial score (nSPS) is 23.6. The number of hydrogen-bond acceptors (Lipinski definition) is 4. The number of anilines is 2. The number of nitrogens with one attached hydrogen (secondary N) is 3. The fourth-order valence-electron chi connectivity index (χ4n) is 6.07. The van der Waals surface area contributed by atoms with Crippen LogP contribution in [-0.4, -0.2) is 29.8 Å². The van der Waals surface area contributed by atoms with Crippen molar-refractivity contribution in [1.29, 1.82) is 0 Å². The van der Waals surface area contributed by atoms with E-state index in [1.807, 2.05) is 6.07 Å². The third kappa shape index (κ3) is 4.85. The van der Waals surface area contributed by atoms with Crippen LogP contribution in [-0.2, 0) is 15.0 Å². The van der Waals surface area contributed by atoms with Crippen molar-refractivity contribution >= 4 is 52.3 Å². The lowest BCUT2D eigenvalue weighted by molar-refractivity contribution is -0.122. The van der Waals surface area contributed by atoms with Crippen molar-refractivity contribution in [1.82, 2.24) is 5.32 Å². The van der Waals surface area contributed by atoms with E-state index in [1.165, 1.54) is 24.3 Å². The molecule has 10 heteroatoms. The van der Waals surface area contributed by atoms with Crippen molar-refractivity contribution in [2.24, 2.45) is 11.1 Å². The molecule has 1 spiro atoms. The largest absolute Gasteiger partial charge is 0.366 e. The number of fused-ring (bicyclic) bond motifs is 2. The molecule has 4 atom stereocenters. The summed E-state index contributed by atoms with van der Waals surface area (Å²) >= 11 is 12.5. The molecule has 3 aromatic carbocycles. The Balaban J connectivity index is 1.67. The maximum Gasteiger partial charge on any atom is 0.248 e. The Morgan fingerprint density at radius 3 is 2.38 bits per heavy atom. The summed E-state index contributed by atoms with van der Waals surface area (Å²) in [5.74, 6) is -2.62. The average Bonchev–Trinajstić information content (AvgIpc) is 3.35. The molecule has 0 aromatic heterocycles. The van der Waals surface area contributed by atoms with Gasteiger partial charge in [0, 0.05) is 33.9 Å². The lowest BCUT2D eigenvalue weighted by Gasteiger charge is -2.37. The Morgan fingerprint density at radius 2 is 1.75 bits per heavy atom. The molecule has 0 aliphatic carbocycles. The summed E-state index contributed by atoms with van der Waals surface area (Å²) in [7, 11) is 0. The molecule has 0 bridgehead atoms. The molecule has 40 heavy (non-hydrogen) atoms. The van der Waals surface area contributed by atoms with Gasteiger partial charge in [-0.2, -0.15) is 0 Å². The van der Waals surface area contributed by atoms with Crippen molar-refractivity contribution in [2.45, 2.75) is 50.6 Å². The Morgan fingerprint density at radius 1 is 1.05 bits per heavy atom. The number of hydrogen-bond donors (Lipinski definition) is 4. The Hall–Kier alpha value is -3.46. The lowest BCUT2D eigenvalue weighted by atomic mass is 9.62. The number of carbonyl (C=O) groups is 3. The summed E-state index contributed by atoms with van der Waals surface area (Å²) < 4.78 is 14.3. The molecule has 2 heterocycles. The molecule has 5 rings (SSSR count). The van der Waals surface area contributed by atoms with Gasteiger partial charge in [-0.25, -0.2) is 4.39 Å². The van der Waals surface area contributed by atoms with Crippen LogP contribution in [0.2, 0.25) is 10.0 Å². The highest BCUT2D eigenvalue weighted by atomic mass is 35.5. The van der Waals surface area contributed by atoms with Crippen LogP contribution in [0.25, 0.3) is 0 Å². The monoisotopic (exact) mass is 582 g/mol. The van der Waals surface area contributed by atoms with Gasteiger partial charge < -0.3 is 21.7 Å². The number of benzene rings is 3. The fourth-order valence-corrected chi connectivity index (χ4v) is 6.43. The predicted octanol–water partition coefficient (Wildman–Crippen LogP) is 5.62. The first-order valence-corrected chi connectivity index (χ1v) is 13.6. The lowest BCUT2D eigenvalue weighted by Crippen LogP contribution is -2.49. The van der Waals surface area contributed by atoms with Crippen LogP contribution >= 0.6 is 23.2 Å². The Bertz CT molecular complexity index is 1520. The van der Waals surface area contributed by atoms with E-state index in [0.29, 0.717) is 39.5 Å². The van der Waals surface area contributed by atoms with Crippen LogP contribution in [0.5, 0.6) is 0 Å². The standard InChI is InChI=1S/C30H29Cl2FN4O3/c1-29(2,3)14-23-30(19-10-7-17(31)13-22(19)36-28(30)40)24(16-6-11-21(33)20(32)12-16)25(37-23)27(39)35-18-8-4-15(5-9-18)26(34)38/h4-13,23-25,37H,14H2,1-3H3,(H2,34,38)(H,35,39)(H,36,40)/t23-,24-,25+,30+/m0/s1. The molecular weight excluding hydrogens is 554 g/mol. The molecule has 7 nitrogen and oxygen atoms in total. The Labute approximate surface area is 241 Å². The van der Waals surface area contributed by atoms with E-state index in [2.05, 4.69) is 36.7 Å². The quantitative estimate of drug-likeness (QED) is 0.312. The van der Waals surface area contributed by atoms with E-state index in [-0.39, 0.29) is 16.3 Å². The van der Waals surface area contributed by atoms with Gasteiger partial charge in [-0.05, 0) is 71.5 Å². The number of halogens is 3. The zero-order valence-electron chi connectivity index (χ0n) is 22.1. The summed E-state index contributed by atoms with van der Waals surface area (Å²) in [6.45, 7) is 6.19. The van der Waals surface area contributed by atoms with Gasteiger partial charge in [-0.3, -0.25) is 14.4 Å². The second-order valence-corrected chi connectivity index (χ2v) is 12.4. The smallest absolute Gasteiger partial charge is 0.248 e. The topological polar surface area (TPSA) is 113 Å². The SMILES string of the molecule is CC(C)(C)C[C@@H]1N[C@@H](C(=O)Nc2ccc(C(N)=O)cc2)[C@H](c2ccc(F)c(Cl)c2)[C@]12C(=O)Nc1cc(Cl)ccc12. The summed E-state index contributed by atoms with van der Waals surface area (Å²) in [6, 6.07) is 14.3. The molecule has 0 saturated carbocycles. The highest BCUT2D eigenvalue weighted by molar-refractivity contribution is 6.31. The van der Waals surface area contributed by atoms with Gasteiger partial charge in [0.2, 0.25) is 17.7 Å². The van der Waals surface area contributed by atoms with Crippen molar-refractivity contribution in [3.05, 3.63) is 93.2 Å². The number of primary amides is 1. The molecule has 0 radical (unpaired) electrons. The van der Waals surface area contributed by atoms with Gasteiger partial charge >= 0.3 is 0 Å². The van der Waals surface area contributed by atoms with E-state index in [9.17, 15) is 18.8 Å². The van der Waals surface area contributed by atoms with Crippen molar-refractivity contribution < 1.29 is 18.8 Å². The molecule has 3 amide bonds. The van der Waals surface area contributed by atoms with E-state index in [1.54, 1.807) is 30.3 Å². The zero-order chi connectivity index (χ0) is 29.0. The molecule has 2 aliphatic rings. The second kappa shape index (κ2) is 10.2. The van der Waals surface area contributed by atoms with Gasteiger partial charge in [0.25, 0.3) is 0 Å². The highest BCUT2D eigenvalue weighted by Gasteiger charge is 2.65. The first-order valence-electron chi connectivity index (χ1n) is 12.8. The number of carbonyl (C=O) groups excluding carboxylic acids is 3. The van der Waals surface area contributed by atoms with Crippen molar-refractivity contribution in [3.63, 3.8) is 0 Å². The number of amides is 3. The van der Waals surface area contributed by atoms with E-state index >= 15 is 0 Å². The third-order valence-corrected chi connectivity index (χ3v) is 8.17. The summed E-state index contributed by atoms with van der Waals surface area (Å²) in [6.07, 6.45) is 0.547. The van der Waals surface area contributed by atoms with E-state index < -0.39 is 41.0 Å². The van der Waals surface area contributed by atoms with Crippen LogP contribution in [0.4, 0.5) is 15.8 Å². The molecule has 3 aromatic rings. The van der Waals surface area contributed by atoms with Gasteiger partial charge in [0.15, 0.2) is 0 Å². The Kier molecular flexibility index (Phi) is 7.15. The summed E-state index contributed by atoms with van der Waals surface area (Å²) in [5, 5.41) is 9.73. The van der Waals surface area contributed by atoms with Crippen molar-refractivity contribution in [3.8, 4) is 0 Å². The minimum Gasteiger partial charge on any atom is -0.366 e. The van der Waals surface area contributed by atoms with Gasteiger partial charge in [0.1, 0.15) is 11.2 Å². The number of nitrogens with two attached hydrogens (primary N) is 1. The fraction of sp³-hybridized carbons (Fsp3) is 0.300. The molecule has 0 unspecified atom stereocenters. The first-order chi connectivity index (χ1) is 18.8. The first kappa shape index (κ1) is 28.1. The molecule has 208 valence electrons. The van der Waals surface area contributed by atoms with Crippen LogP contribution in [0.15, 0.2) is 60.7 Å². The second-order valence-electron chi connectivity index (χ2n) is 11.6. The van der Waals surface area contributed by atoms with Gasteiger partial charge in [-0.15, -0.1) is 0 Å². The molecular formula is C30H29Cl2FN4O3. The zero-order valence-corrected chi connectivity index (χ0v) is 23.7. The van der Waals surface area contributed by atoms with Crippen LogP contribution in [0, 0.1) is 11.2 Å². The van der Waals surface area contributed by atoms with Gasteiger partial charge in [0.05, 0.1) is 11.1 Å². The molecule has 2 aliphatic heterocycles. The molecule has 1 saturated heterocycles. The van der Waals surface area contributed by atoms with Crippen molar-refractivity contribution in [2.75, 3.05) is 10.6 Å². The van der Waals surface area contributed by atoms with Crippen LogP contribution in [0.1, 0.15) is 54.6 Å². The minimum absolute atomic E-state index is 0.108. The predicted molar refractivity (Wildman–Crippen MR) is 154 cm³/mol. The third-order valence-electron chi connectivity index (χ3n) is 7.64. The van der Waals surface area contributed by atoms with E-state index in [4.69, 9.17) is 28.9 Å². The van der Waals surface area contributed by atoms with Crippen LogP contribution < -0.4 is 21.7 Å². The average molecular weight is 583 g/mol. The minimum atomic E-state index is -1.23. The maximum absolute atomic E-state index is 14.3. The highest BCUT2D eigenvalue weighted by Crippen LogP contribution is 2.56. The molecule has 1 fully saturated rings. The maximum atomic E-state index is 14.3. The van der Waals surface area contributed by atoms with E-state index in [0.717, 1.165) is 0 Å². The summed E-state index contributed by atoms with van der Waals surface area (Å²) in [4.78, 5) is 39.6. The molecule has 5 N–H and O–H groups in total. The van der Waals surface area contributed by atoms with Gasteiger partial charge in [-0.1, -0.05) is 56.1 Å². The number of rotatable bonds is 5.